The molecule has 0 fully saturated rings. The van der Waals surface area contributed by atoms with Crippen LogP contribution in [0, 0.1) is 0 Å². The van der Waals surface area contributed by atoms with Crippen molar-refractivity contribution in [2.24, 2.45) is 0 Å². The Morgan fingerprint density at radius 2 is 1.45 bits per heavy atom. The zero-order valence-corrected chi connectivity index (χ0v) is 25.0. The predicted molar refractivity (Wildman–Crippen MR) is 158 cm³/mol. The lowest BCUT2D eigenvalue weighted by Crippen LogP contribution is -2.01. The summed E-state index contributed by atoms with van der Waals surface area (Å²) in [7, 11) is 10.3. The molecule has 0 aliphatic rings. The Morgan fingerprint density at radius 1 is 0.839 bits per heavy atom. The molecule has 7 atom stereocenters. The average Bonchev–Trinajstić information content (AvgIpc) is 2.75. The van der Waals surface area contributed by atoms with Crippen molar-refractivity contribution in [3.05, 3.63) is 72.9 Å². The van der Waals surface area contributed by atoms with Crippen LogP contribution in [0.2, 0.25) is 0 Å². The minimum atomic E-state index is -0.427. The van der Waals surface area contributed by atoms with Crippen LogP contribution in [0.15, 0.2) is 72.9 Å². The van der Waals surface area contributed by atoms with Gasteiger partial charge in [-0.1, -0.05) is 113 Å². The maximum Gasteiger partial charge on any atom is 0.0836 e. The van der Waals surface area contributed by atoms with Gasteiger partial charge in [-0.05, 0) is 32.1 Å². The number of hydrogen-bond acceptors (Lipinski definition) is 3. The molecule has 31 heavy (non-hydrogen) atoms. The zero-order chi connectivity index (χ0) is 23.0. The van der Waals surface area contributed by atoms with Gasteiger partial charge in [-0.25, -0.2) is 0 Å². The molecule has 0 aliphatic heterocycles. The summed E-state index contributed by atoms with van der Waals surface area (Å²) in [5, 5.41) is 0. The molecular formula is C22H40O3P6. The van der Waals surface area contributed by atoms with Crippen LogP contribution in [-0.4, -0.2) is 18.8 Å². The summed E-state index contributed by atoms with van der Waals surface area (Å²) in [6.45, 7) is 2.94. The molecule has 0 heterocycles. The van der Waals surface area contributed by atoms with E-state index in [0.29, 0.717) is 8.50 Å². The van der Waals surface area contributed by atoms with Crippen LogP contribution < -0.4 is 0 Å². The predicted octanol–water partition coefficient (Wildman–Crippen LogP) is 8.62. The van der Waals surface area contributed by atoms with Crippen molar-refractivity contribution < 1.29 is 13.6 Å². The summed E-state index contributed by atoms with van der Waals surface area (Å²) < 4.78 is 16.7. The molecule has 3 nitrogen and oxygen atoms in total. The van der Waals surface area contributed by atoms with Gasteiger partial charge < -0.3 is 13.6 Å². The van der Waals surface area contributed by atoms with E-state index < -0.39 is 7.53 Å². The van der Waals surface area contributed by atoms with Gasteiger partial charge in [-0.15, -0.1) is 0 Å². The molecule has 0 N–H and O–H groups in total. The highest BCUT2D eigenvalue weighted by atomic mass is 32.4. The van der Waals surface area contributed by atoms with E-state index in [-0.39, 0.29) is 12.2 Å². The van der Waals surface area contributed by atoms with Gasteiger partial charge in [0.1, 0.15) is 0 Å². The summed E-state index contributed by atoms with van der Waals surface area (Å²) in [4.78, 5) is 0. The molecule has 176 valence electrons. The van der Waals surface area contributed by atoms with Crippen molar-refractivity contribution in [3.8, 4) is 0 Å². The highest BCUT2D eigenvalue weighted by molar-refractivity contribution is 8.41. The Kier molecular flexibility index (Phi) is 26.3. The Hall–Kier alpha value is 0.900. The molecule has 0 rings (SSSR count). The fourth-order valence-corrected chi connectivity index (χ4v) is 4.32. The van der Waals surface area contributed by atoms with E-state index in [4.69, 9.17) is 13.6 Å². The van der Waals surface area contributed by atoms with Crippen molar-refractivity contribution >= 4 is 52.3 Å². The van der Waals surface area contributed by atoms with E-state index in [0.717, 1.165) is 38.7 Å². The lowest BCUT2D eigenvalue weighted by atomic mass is 10.2. The van der Waals surface area contributed by atoms with E-state index >= 15 is 0 Å². The van der Waals surface area contributed by atoms with E-state index in [1.807, 2.05) is 6.08 Å². The van der Waals surface area contributed by atoms with Crippen LogP contribution in [0.3, 0.4) is 0 Å². The van der Waals surface area contributed by atoms with E-state index in [9.17, 15) is 0 Å². The first-order valence-corrected chi connectivity index (χ1v) is 18.2. The molecule has 0 aromatic heterocycles. The number of allylic oxidation sites excluding steroid dienone is 7. The van der Waals surface area contributed by atoms with Crippen molar-refractivity contribution in [2.45, 2.75) is 57.7 Å². The normalized spacial score (nSPS) is 15.7. The van der Waals surface area contributed by atoms with Gasteiger partial charge in [0.05, 0.1) is 26.3 Å². The van der Waals surface area contributed by atoms with Gasteiger partial charge in [-0.2, -0.15) is 0 Å². The van der Waals surface area contributed by atoms with E-state index in [1.54, 1.807) is 0 Å². The maximum absolute atomic E-state index is 5.76. The zero-order valence-electron chi connectivity index (χ0n) is 18.5. The second-order valence-electron chi connectivity index (χ2n) is 6.50. The highest BCUT2D eigenvalue weighted by Gasteiger charge is 2.00. The molecule has 0 saturated heterocycles. The first-order chi connectivity index (χ1) is 15.1. The van der Waals surface area contributed by atoms with Crippen LogP contribution in [0.4, 0.5) is 0 Å². The van der Waals surface area contributed by atoms with Crippen LogP contribution in [0.25, 0.3) is 0 Å². The second-order valence-corrected chi connectivity index (χ2v) is 13.8. The molecule has 0 aromatic carbocycles. The van der Waals surface area contributed by atoms with E-state index in [2.05, 4.69) is 110 Å². The van der Waals surface area contributed by atoms with Gasteiger partial charge in [-0.3, -0.25) is 0 Å². The Labute approximate surface area is 202 Å². The molecule has 9 heteroatoms. The fraction of sp³-hybridized carbons (Fsp3) is 0.455. The quantitative estimate of drug-likeness (QED) is 0.0713. The molecule has 0 radical (unpaired) electrons. The standard InChI is InChI=1S/C22H40O3P6/c1-2-3-4-11-16-21(24-26)17-12-8-6-5-7-9-13-18-22(25-30-27)19-14-10-15-20-23-31(28)29/h4,6-14,17-18,21-22,30H,2-3,5,15-16,19-20,26-29H2,1H3/b8-6-,9-7-,11-4-,14-10-,17-12+,18-13+. The second kappa shape index (κ2) is 25.5. The fourth-order valence-electron chi connectivity index (χ4n) is 2.29. The molecule has 0 spiro atoms. The van der Waals surface area contributed by atoms with Crippen molar-refractivity contribution in [3.63, 3.8) is 0 Å². The van der Waals surface area contributed by atoms with Gasteiger partial charge >= 0.3 is 0 Å². The Bertz CT molecular complexity index is 574. The minimum Gasteiger partial charge on any atom is -0.358 e. The number of hydrogen-bond donors (Lipinski definition) is 0. The van der Waals surface area contributed by atoms with Crippen LogP contribution >= 0.6 is 52.3 Å². The van der Waals surface area contributed by atoms with Gasteiger partial charge in [0, 0.05) is 18.0 Å². The summed E-state index contributed by atoms with van der Waals surface area (Å²) in [6.07, 6.45) is 31.5. The molecule has 0 aromatic rings. The first-order valence-electron chi connectivity index (χ1n) is 10.5. The maximum atomic E-state index is 5.76. The summed E-state index contributed by atoms with van der Waals surface area (Å²) in [5.41, 5.74) is 0. The first kappa shape index (κ1) is 31.9. The molecule has 0 amide bonds. The van der Waals surface area contributed by atoms with E-state index in [1.165, 1.54) is 6.42 Å². The number of rotatable bonds is 19. The topological polar surface area (TPSA) is 27.7 Å². The molecule has 0 aliphatic carbocycles. The van der Waals surface area contributed by atoms with Crippen molar-refractivity contribution in [2.75, 3.05) is 6.61 Å². The SMILES string of the molecule is CCC/C=C\CC(/C=C/C=C\C/C=C\C=C\C(C/C=C\CCOP(P)P)OPP)OP. The van der Waals surface area contributed by atoms with Gasteiger partial charge in [0.15, 0.2) is 0 Å². The molecular weight excluding hydrogens is 498 g/mol. The van der Waals surface area contributed by atoms with Crippen molar-refractivity contribution in [1.29, 1.82) is 0 Å². The smallest absolute Gasteiger partial charge is 0.0836 e. The lowest BCUT2D eigenvalue weighted by Gasteiger charge is -2.09. The van der Waals surface area contributed by atoms with Gasteiger partial charge in [0.25, 0.3) is 0 Å². The Balaban J connectivity index is 4.17. The highest BCUT2D eigenvalue weighted by Crippen LogP contribution is 2.53. The van der Waals surface area contributed by atoms with Crippen LogP contribution in [0.1, 0.15) is 45.4 Å². The lowest BCUT2D eigenvalue weighted by molar-refractivity contribution is 0.296. The van der Waals surface area contributed by atoms with Crippen LogP contribution in [0.5, 0.6) is 0 Å². The Morgan fingerprint density at radius 3 is 2.03 bits per heavy atom. The summed E-state index contributed by atoms with van der Waals surface area (Å²) in [5.74, 6) is 0. The van der Waals surface area contributed by atoms with Crippen LogP contribution in [-0.2, 0) is 13.6 Å². The third-order valence-corrected chi connectivity index (χ3v) is 6.43. The minimum absolute atomic E-state index is 0.103. The van der Waals surface area contributed by atoms with Crippen molar-refractivity contribution in [1.82, 2.24) is 0 Å². The third kappa shape index (κ3) is 23.8. The molecule has 0 saturated carbocycles. The largest absolute Gasteiger partial charge is 0.358 e. The summed E-state index contributed by atoms with van der Waals surface area (Å²) >= 11 is 0. The molecule has 0 bridgehead atoms. The monoisotopic (exact) mass is 538 g/mol. The molecule has 7 unspecified atom stereocenters. The van der Waals surface area contributed by atoms with Gasteiger partial charge in [0.2, 0.25) is 0 Å². The average molecular weight is 538 g/mol. The third-order valence-electron chi connectivity index (χ3n) is 3.86. The number of unbranched alkanes of at least 4 members (excludes halogenated alkanes) is 1. The summed E-state index contributed by atoms with van der Waals surface area (Å²) in [6, 6.07) is 0.